The van der Waals surface area contributed by atoms with Gasteiger partial charge in [-0.15, -0.1) is 11.3 Å². The Morgan fingerprint density at radius 3 is 2.77 bits per heavy atom. The van der Waals surface area contributed by atoms with Gasteiger partial charge < -0.3 is 10.1 Å². The van der Waals surface area contributed by atoms with Crippen LogP contribution in [0.2, 0.25) is 0 Å². The highest BCUT2D eigenvalue weighted by Crippen LogP contribution is 2.33. The van der Waals surface area contributed by atoms with Gasteiger partial charge >= 0.3 is 5.91 Å². The SMILES string of the molecule is COc1ccc(/C=C2\SC3C=CC(C(=O)NCc4cccs4)=CC3=[N+](C)C2=O)cc1. The van der Waals surface area contributed by atoms with Gasteiger partial charge in [0, 0.05) is 16.5 Å². The van der Waals surface area contributed by atoms with Crippen LogP contribution in [0.1, 0.15) is 10.4 Å². The van der Waals surface area contributed by atoms with Crippen LogP contribution in [-0.2, 0) is 16.1 Å². The van der Waals surface area contributed by atoms with E-state index in [9.17, 15) is 9.59 Å². The predicted molar refractivity (Wildman–Crippen MR) is 122 cm³/mol. The predicted octanol–water partition coefficient (Wildman–Crippen LogP) is 3.64. The number of amides is 2. The first-order valence-electron chi connectivity index (χ1n) is 9.43. The third kappa shape index (κ3) is 4.32. The van der Waals surface area contributed by atoms with Crippen LogP contribution in [0.15, 0.2) is 70.5 Å². The maximum absolute atomic E-state index is 12.9. The molecule has 1 aromatic carbocycles. The molecule has 1 N–H and O–H groups in total. The number of benzene rings is 1. The van der Waals surface area contributed by atoms with Crippen LogP contribution < -0.4 is 10.1 Å². The monoisotopic (exact) mass is 437 g/mol. The van der Waals surface area contributed by atoms with Gasteiger partial charge in [-0.25, -0.2) is 4.79 Å². The molecule has 152 valence electrons. The molecule has 1 aliphatic heterocycles. The smallest absolute Gasteiger partial charge is 0.425 e. The Balaban J connectivity index is 1.53. The third-order valence-corrected chi connectivity index (χ3v) is 6.96. The molecule has 1 unspecified atom stereocenters. The van der Waals surface area contributed by atoms with Gasteiger partial charge in [0.05, 0.1) is 13.7 Å². The molecule has 0 fully saturated rings. The second kappa shape index (κ2) is 8.85. The van der Waals surface area contributed by atoms with Gasteiger partial charge in [0.1, 0.15) is 23.0 Å². The zero-order valence-electron chi connectivity index (χ0n) is 16.6. The van der Waals surface area contributed by atoms with Crippen molar-refractivity contribution in [3.05, 3.63) is 80.9 Å². The molecule has 7 heteroatoms. The normalized spacial score (nSPS) is 19.5. The van der Waals surface area contributed by atoms with Crippen LogP contribution >= 0.6 is 23.1 Å². The number of nitrogens with one attached hydrogen (secondary N) is 1. The summed E-state index contributed by atoms with van der Waals surface area (Å²) in [6.07, 6.45) is 7.51. The number of ether oxygens (including phenoxy) is 1. The first-order chi connectivity index (χ1) is 14.5. The van der Waals surface area contributed by atoms with Crippen LogP contribution in [-0.4, -0.2) is 41.5 Å². The van der Waals surface area contributed by atoms with Crippen LogP contribution in [0.3, 0.4) is 0 Å². The Kier molecular flexibility index (Phi) is 6.01. The zero-order valence-corrected chi connectivity index (χ0v) is 18.3. The molecule has 0 radical (unpaired) electrons. The minimum absolute atomic E-state index is 0.00829. The summed E-state index contributed by atoms with van der Waals surface area (Å²) < 4.78 is 6.82. The fraction of sp³-hybridized carbons (Fsp3) is 0.174. The number of fused-ring (bicyclic) bond motifs is 1. The van der Waals surface area contributed by atoms with E-state index in [0.717, 1.165) is 21.9 Å². The Labute approximate surface area is 183 Å². The molecule has 1 aromatic heterocycles. The Hall–Kier alpha value is -2.90. The van der Waals surface area contributed by atoms with Crippen molar-refractivity contribution in [1.82, 2.24) is 5.32 Å². The molecule has 0 bridgehead atoms. The van der Waals surface area contributed by atoms with Gasteiger partial charge in [-0.2, -0.15) is 4.58 Å². The van der Waals surface area contributed by atoms with Gasteiger partial charge in [0.2, 0.25) is 5.71 Å². The van der Waals surface area contributed by atoms with E-state index in [2.05, 4.69) is 5.32 Å². The van der Waals surface area contributed by atoms with Crippen LogP contribution in [0.4, 0.5) is 0 Å². The number of thiophene rings is 1. The number of rotatable bonds is 5. The van der Waals surface area contributed by atoms with Gasteiger partial charge in [-0.3, -0.25) is 4.79 Å². The largest absolute Gasteiger partial charge is 0.497 e. The van der Waals surface area contributed by atoms with E-state index in [4.69, 9.17) is 4.74 Å². The highest BCUT2D eigenvalue weighted by Gasteiger charge is 2.37. The Morgan fingerprint density at radius 1 is 1.27 bits per heavy atom. The number of methoxy groups -OCH3 is 1. The lowest BCUT2D eigenvalue weighted by molar-refractivity contribution is -0.413. The van der Waals surface area contributed by atoms with E-state index in [0.29, 0.717) is 17.0 Å². The van der Waals surface area contributed by atoms with E-state index >= 15 is 0 Å². The summed E-state index contributed by atoms with van der Waals surface area (Å²) in [5.74, 6) is 0.556. The van der Waals surface area contributed by atoms with Crippen molar-refractivity contribution in [2.45, 2.75) is 11.8 Å². The topological polar surface area (TPSA) is 58.4 Å². The summed E-state index contributed by atoms with van der Waals surface area (Å²) >= 11 is 3.10. The summed E-state index contributed by atoms with van der Waals surface area (Å²) in [6.45, 7) is 0.499. The van der Waals surface area contributed by atoms with Crippen molar-refractivity contribution in [3.8, 4) is 5.75 Å². The molecule has 2 aliphatic rings. The molecule has 1 aliphatic carbocycles. The molecule has 0 saturated heterocycles. The summed E-state index contributed by atoms with van der Waals surface area (Å²) in [5, 5.41) is 4.91. The zero-order chi connectivity index (χ0) is 21.1. The molecular weight excluding hydrogens is 416 g/mol. The van der Waals surface area contributed by atoms with E-state index in [1.807, 2.05) is 66.1 Å². The molecule has 0 saturated carbocycles. The maximum atomic E-state index is 12.9. The number of likely N-dealkylation sites (N-methyl/N-ethyl adjacent to an activating group) is 1. The standard InChI is InChI=1S/C23H20N2O3S2/c1-25-19-13-16(22(26)24-14-18-4-3-11-29-18)7-10-20(19)30-21(23(25)27)12-15-5-8-17(28-2)9-6-15/h3-13,20H,14H2,1-2H3/p+1/b21-12-. The third-order valence-electron chi connectivity index (χ3n) is 4.88. The van der Waals surface area contributed by atoms with Crippen molar-refractivity contribution in [1.29, 1.82) is 0 Å². The molecule has 2 aromatic rings. The first kappa shape index (κ1) is 20.4. The number of carbonyl (C=O) groups is 2. The van der Waals surface area contributed by atoms with Gasteiger partial charge in [-0.05, 0) is 35.2 Å². The fourth-order valence-electron chi connectivity index (χ4n) is 3.21. The van der Waals surface area contributed by atoms with Crippen LogP contribution in [0, 0.1) is 0 Å². The second-order valence-electron chi connectivity index (χ2n) is 6.83. The van der Waals surface area contributed by atoms with E-state index in [1.165, 1.54) is 11.8 Å². The molecular formula is C23H21N2O3S2+. The first-order valence-corrected chi connectivity index (χ1v) is 11.2. The highest BCUT2D eigenvalue weighted by molar-refractivity contribution is 8.05. The molecule has 1 atom stereocenters. The van der Waals surface area contributed by atoms with Gasteiger partial charge in [-0.1, -0.05) is 42.1 Å². The summed E-state index contributed by atoms with van der Waals surface area (Å²) in [7, 11) is 3.38. The minimum atomic E-state index is -0.143. The summed E-state index contributed by atoms with van der Waals surface area (Å²) in [6, 6.07) is 11.5. The average molecular weight is 438 g/mol. The highest BCUT2D eigenvalue weighted by atomic mass is 32.2. The van der Waals surface area contributed by atoms with Crippen molar-refractivity contribution in [3.63, 3.8) is 0 Å². The fourth-order valence-corrected chi connectivity index (χ4v) is 5.07. The number of nitrogens with zero attached hydrogens (tertiary/aromatic N) is 1. The second-order valence-corrected chi connectivity index (χ2v) is 9.05. The number of carbonyl (C=O) groups excluding carboxylic acids is 2. The summed E-state index contributed by atoms with van der Waals surface area (Å²) in [5.41, 5.74) is 2.31. The van der Waals surface area contributed by atoms with Crippen molar-refractivity contribution in [2.75, 3.05) is 14.2 Å². The number of thioether (sulfide) groups is 1. The molecule has 2 heterocycles. The lowest BCUT2D eigenvalue weighted by atomic mass is 10.0. The molecule has 0 spiro atoms. The maximum Gasteiger partial charge on any atom is 0.425 e. The quantitative estimate of drug-likeness (QED) is 0.573. The molecule has 4 rings (SSSR count). The van der Waals surface area contributed by atoms with Crippen LogP contribution in [0.5, 0.6) is 5.75 Å². The average Bonchev–Trinajstić information content (AvgIpc) is 3.29. The Morgan fingerprint density at radius 2 is 2.07 bits per heavy atom. The molecule has 5 nitrogen and oxygen atoms in total. The van der Waals surface area contributed by atoms with Gasteiger partial charge in [0.25, 0.3) is 5.91 Å². The number of hydrogen-bond acceptors (Lipinski definition) is 5. The lowest BCUT2D eigenvalue weighted by Gasteiger charge is -2.21. The molecule has 30 heavy (non-hydrogen) atoms. The van der Waals surface area contributed by atoms with E-state index in [-0.39, 0.29) is 17.1 Å². The van der Waals surface area contributed by atoms with Crippen LogP contribution in [0.25, 0.3) is 6.08 Å². The molecule has 2 amide bonds. The van der Waals surface area contributed by atoms with Crippen molar-refractivity contribution in [2.24, 2.45) is 0 Å². The van der Waals surface area contributed by atoms with E-state index in [1.54, 1.807) is 30.1 Å². The minimum Gasteiger partial charge on any atom is -0.497 e. The number of allylic oxidation sites excluding steroid dienone is 1. The number of hydrogen-bond donors (Lipinski definition) is 1. The Bertz CT molecular complexity index is 1090. The lowest BCUT2D eigenvalue weighted by Crippen LogP contribution is -2.37. The van der Waals surface area contributed by atoms with Crippen molar-refractivity contribution < 1.29 is 18.9 Å². The van der Waals surface area contributed by atoms with E-state index < -0.39 is 0 Å². The summed E-state index contributed by atoms with van der Waals surface area (Å²) in [4.78, 5) is 27.2. The van der Waals surface area contributed by atoms with Crippen molar-refractivity contribution >= 4 is 46.7 Å². The van der Waals surface area contributed by atoms with Gasteiger partial charge in [0.15, 0.2) is 0 Å².